The van der Waals surface area contributed by atoms with Crippen LogP contribution in [0.2, 0.25) is 0 Å². The number of hydrogen-bond donors (Lipinski definition) is 1. The van der Waals surface area contributed by atoms with E-state index in [2.05, 4.69) is 26.6 Å². The second-order valence-corrected chi connectivity index (χ2v) is 7.27. The van der Waals surface area contributed by atoms with E-state index in [1.54, 1.807) is 33.8 Å². The van der Waals surface area contributed by atoms with Crippen molar-refractivity contribution >= 4 is 11.6 Å². The molecule has 0 aliphatic rings. The number of aryl methyl sites for hydroxylation is 3. The number of amides is 1. The Morgan fingerprint density at radius 1 is 1.10 bits per heavy atom. The molecule has 1 amide bonds. The molecule has 0 atom stereocenters. The zero-order valence-electron chi connectivity index (χ0n) is 16.9. The molecule has 8 heteroatoms. The second-order valence-electron chi connectivity index (χ2n) is 7.27. The number of pyridine rings is 1. The summed E-state index contributed by atoms with van der Waals surface area (Å²) in [6.07, 6.45) is 7.51. The number of aromatic nitrogens is 5. The van der Waals surface area contributed by atoms with Gasteiger partial charge < -0.3 is 5.32 Å². The van der Waals surface area contributed by atoms with Crippen LogP contribution in [0.25, 0.3) is 11.3 Å². The molecular weight excluding hydrogens is 380 g/mol. The second kappa shape index (κ2) is 8.28. The van der Waals surface area contributed by atoms with E-state index in [1.165, 1.54) is 0 Å². The first kappa shape index (κ1) is 19.5. The van der Waals surface area contributed by atoms with E-state index in [-0.39, 0.29) is 23.5 Å². The van der Waals surface area contributed by atoms with Gasteiger partial charge in [-0.2, -0.15) is 0 Å². The molecule has 0 radical (unpaired) electrons. The summed E-state index contributed by atoms with van der Waals surface area (Å²) in [4.78, 5) is 29.1. The van der Waals surface area contributed by atoms with Crippen molar-refractivity contribution in [3.8, 4) is 5.69 Å². The minimum Gasteiger partial charge on any atom is -0.352 e. The van der Waals surface area contributed by atoms with Crippen LogP contribution in [0.5, 0.6) is 0 Å². The molecule has 30 heavy (non-hydrogen) atoms. The Labute approximate surface area is 173 Å². The van der Waals surface area contributed by atoms with E-state index in [4.69, 9.17) is 0 Å². The summed E-state index contributed by atoms with van der Waals surface area (Å²) < 4.78 is 3.21. The Hall–Kier alpha value is -3.81. The van der Waals surface area contributed by atoms with Crippen molar-refractivity contribution in [1.82, 2.24) is 29.5 Å². The van der Waals surface area contributed by atoms with Gasteiger partial charge in [0.25, 0.3) is 0 Å². The highest BCUT2D eigenvalue weighted by atomic mass is 16.1. The first-order valence-electron chi connectivity index (χ1n) is 9.71. The molecule has 0 fully saturated rings. The SMILES string of the molecule is Cc1cc(C)cc(-n2ccn3c(CCC(=O)NCc4cccnc4)nnc3c2=O)c1. The van der Waals surface area contributed by atoms with Gasteiger partial charge in [-0.1, -0.05) is 12.1 Å². The number of carbonyl (C=O) groups excluding carboxylic acids is 1. The predicted molar refractivity (Wildman–Crippen MR) is 112 cm³/mol. The average Bonchev–Trinajstić information content (AvgIpc) is 3.15. The van der Waals surface area contributed by atoms with Crippen LogP contribution < -0.4 is 10.9 Å². The minimum atomic E-state index is -0.248. The molecule has 8 nitrogen and oxygen atoms in total. The van der Waals surface area contributed by atoms with Crippen LogP contribution in [0.4, 0.5) is 0 Å². The summed E-state index contributed by atoms with van der Waals surface area (Å²) >= 11 is 0. The van der Waals surface area contributed by atoms with E-state index in [0.717, 1.165) is 22.4 Å². The quantitative estimate of drug-likeness (QED) is 0.533. The van der Waals surface area contributed by atoms with Crippen LogP contribution >= 0.6 is 0 Å². The van der Waals surface area contributed by atoms with Crippen molar-refractivity contribution in [2.75, 3.05) is 0 Å². The molecule has 0 unspecified atom stereocenters. The van der Waals surface area contributed by atoms with E-state index in [1.807, 2.05) is 38.1 Å². The van der Waals surface area contributed by atoms with E-state index < -0.39 is 0 Å². The topological polar surface area (TPSA) is 94.2 Å². The number of nitrogens with zero attached hydrogens (tertiary/aromatic N) is 5. The van der Waals surface area contributed by atoms with Crippen LogP contribution in [0.15, 0.2) is 59.9 Å². The number of nitrogens with one attached hydrogen (secondary N) is 1. The lowest BCUT2D eigenvalue weighted by molar-refractivity contribution is -0.121. The Morgan fingerprint density at radius 2 is 1.90 bits per heavy atom. The van der Waals surface area contributed by atoms with Crippen molar-refractivity contribution in [3.63, 3.8) is 0 Å². The van der Waals surface area contributed by atoms with Gasteiger partial charge in [0.1, 0.15) is 5.82 Å². The van der Waals surface area contributed by atoms with Crippen LogP contribution in [0.3, 0.4) is 0 Å². The molecule has 0 saturated heterocycles. The average molecular weight is 402 g/mol. The first-order chi connectivity index (χ1) is 14.5. The fourth-order valence-corrected chi connectivity index (χ4v) is 3.42. The number of benzene rings is 1. The summed E-state index contributed by atoms with van der Waals surface area (Å²) in [5, 5.41) is 11.0. The Bertz CT molecular complexity index is 1240. The molecule has 152 valence electrons. The molecule has 4 aromatic rings. The molecule has 0 aliphatic heterocycles. The lowest BCUT2D eigenvalue weighted by Gasteiger charge is -2.09. The normalized spacial score (nSPS) is 11.0. The fourth-order valence-electron chi connectivity index (χ4n) is 3.42. The van der Waals surface area contributed by atoms with Crippen LogP contribution in [0, 0.1) is 13.8 Å². The maximum atomic E-state index is 12.9. The maximum Gasteiger partial charge on any atom is 0.300 e. The van der Waals surface area contributed by atoms with Gasteiger partial charge in [-0.3, -0.25) is 23.5 Å². The fraction of sp³-hybridized carbons (Fsp3) is 0.227. The molecule has 0 aliphatic carbocycles. The largest absolute Gasteiger partial charge is 0.352 e. The third-order valence-electron chi connectivity index (χ3n) is 4.81. The molecule has 3 aromatic heterocycles. The lowest BCUT2D eigenvalue weighted by atomic mass is 10.1. The number of fused-ring (bicyclic) bond motifs is 1. The maximum absolute atomic E-state index is 12.9. The smallest absolute Gasteiger partial charge is 0.300 e. The van der Waals surface area contributed by atoms with Gasteiger partial charge in [-0.15, -0.1) is 10.2 Å². The molecule has 4 rings (SSSR count). The summed E-state index contributed by atoms with van der Waals surface area (Å²) in [6, 6.07) is 9.69. The van der Waals surface area contributed by atoms with E-state index in [0.29, 0.717) is 18.8 Å². The predicted octanol–water partition coefficient (Wildman–Crippen LogP) is 2.14. The van der Waals surface area contributed by atoms with E-state index in [9.17, 15) is 9.59 Å². The van der Waals surface area contributed by atoms with Crippen LogP contribution in [-0.2, 0) is 17.8 Å². The highest BCUT2D eigenvalue weighted by molar-refractivity contribution is 5.76. The highest BCUT2D eigenvalue weighted by Gasteiger charge is 2.13. The highest BCUT2D eigenvalue weighted by Crippen LogP contribution is 2.13. The van der Waals surface area contributed by atoms with Gasteiger partial charge in [0.05, 0.1) is 0 Å². The van der Waals surface area contributed by atoms with Gasteiger partial charge in [0.2, 0.25) is 11.6 Å². The first-order valence-corrected chi connectivity index (χ1v) is 9.71. The molecule has 3 heterocycles. The molecule has 0 saturated carbocycles. The van der Waals surface area contributed by atoms with Crippen molar-refractivity contribution in [2.24, 2.45) is 0 Å². The van der Waals surface area contributed by atoms with Gasteiger partial charge >= 0.3 is 5.56 Å². The third kappa shape index (κ3) is 4.12. The van der Waals surface area contributed by atoms with Crippen LogP contribution in [0.1, 0.15) is 28.9 Å². The summed E-state index contributed by atoms with van der Waals surface area (Å²) in [6.45, 7) is 4.41. The van der Waals surface area contributed by atoms with Crippen molar-refractivity contribution in [3.05, 3.63) is 88.0 Å². The summed E-state index contributed by atoms with van der Waals surface area (Å²) in [5.74, 6) is 0.477. The van der Waals surface area contributed by atoms with Crippen molar-refractivity contribution < 1.29 is 4.79 Å². The number of carbonyl (C=O) groups is 1. The number of hydrogen-bond acceptors (Lipinski definition) is 5. The Balaban J connectivity index is 1.49. The molecule has 1 aromatic carbocycles. The minimum absolute atomic E-state index is 0.0980. The van der Waals surface area contributed by atoms with Crippen molar-refractivity contribution in [1.29, 1.82) is 0 Å². The van der Waals surface area contributed by atoms with Gasteiger partial charge in [-0.05, 0) is 48.7 Å². The van der Waals surface area contributed by atoms with Gasteiger partial charge in [-0.25, -0.2) is 0 Å². The third-order valence-corrected chi connectivity index (χ3v) is 4.81. The van der Waals surface area contributed by atoms with Gasteiger partial charge in [0.15, 0.2) is 0 Å². The molecule has 0 spiro atoms. The standard InChI is InChI=1S/C22H22N6O2/c1-15-10-16(2)12-18(11-15)27-8-9-28-19(25-26-21(28)22(27)30)5-6-20(29)24-14-17-4-3-7-23-13-17/h3-4,7-13H,5-6,14H2,1-2H3,(H,24,29). The Kier molecular flexibility index (Phi) is 5.38. The zero-order chi connectivity index (χ0) is 21.1. The monoisotopic (exact) mass is 402 g/mol. The van der Waals surface area contributed by atoms with Gasteiger partial charge in [0, 0.05) is 49.9 Å². The summed E-state index contributed by atoms with van der Waals surface area (Å²) in [5.41, 5.74) is 3.88. The summed E-state index contributed by atoms with van der Waals surface area (Å²) in [7, 11) is 0. The zero-order valence-corrected chi connectivity index (χ0v) is 16.9. The number of rotatable bonds is 6. The molecular formula is C22H22N6O2. The molecule has 0 bridgehead atoms. The van der Waals surface area contributed by atoms with Crippen molar-refractivity contribution in [2.45, 2.75) is 33.2 Å². The Morgan fingerprint density at radius 3 is 2.63 bits per heavy atom. The van der Waals surface area contributed by atoms with E-state index >= 15 is 0 Å². The van der Waals surface area contributed by atoms with Crippen LogP contribution in [-0.4, -0.2) is 30.1 Å². The lowest BCUT2D eigenvalue weighted by Crippen LogP contribution is -2.23. The molecule has 1 N–H and O–H groups in total.